The van der Waals surface area contributed by atoms with Crippen LogP contribution in [-0.2, 0) is 0 Å². The quantitative estimate of drug-likeness (QED) is 0.0967. The first kappa shape index (κ1) is 24.0. The topological polar surface area (TPSA) is 69.4 Å². The van der Waals surface area contributed by atoms with Gasteiger partial charge in [-0.15, -0.1) is 15.3 Å². The first-order chi connectivity index (χ1) is 17.5. The van der Waals surface area contributed by atoms with E-state index in [2.05, 4.69) is 34.4 Å². The maximum absolute atomic E-state index is 12.4. The third-order valence-corrected chi connectivity index (χ3v) is 7.50. The van der Waals surface area contributed by atoms with Crippen molar-refractivity contribution in [1.29, 1.82) is 0 Å². The predicted octanol–water partition coefficient (Wildman–Crippen LogP) is 6.54. The average molecular weight is 513 g/mol. The molecule has 8 heteroatoms. The largest absolute Gasteiger partial charge is 0.493 e. The lowest BCUT2D eigenvalue weighted by molar-refractivity contribution is 0.104. The van der Waals surface area contributed by atoms with Gasteiger partial charge in [-0.3, -0.25) is 4.79 Å². The summed E-state index contributed by atoms with van der Waals surface area (Å²) in [6.45, 7) is 4.62. The molecule has 3 aromatic carbocycles. The molecular formula is C28H24N4O2S2. The first-order valence-corrected chi connectivity index (χ1v) is 13.3. The molecule has 0 aliphatic rings. The molecule has 5 rings (SSSR count). The summed E-state index contributed by atoms with van der Waals surface area (Å²) < 4.78 is 8.56. The lowest BCUT2D eigenvalue weighted by Gasteiger charge is -2.05. The number of carbonyl (C=O) groups is 1. The summed E-state index contributed by atoms with van der Waals surface area (Å²) in [6.07, 6.45) is 3.43. The Balaban J connectivity index is 1.12. The number of hydrogen-bond donors (Lipinski definition) is 0. The summed E-state index contributed by atoms with van der Waals surface area (Å²) in [6, 6.07) is 23.5. The van der Waals surface area contributed by atoms with Crippen molar-refractivity contribution in [3.8, 4) is 17.1 Å². The van der Waals surface area contributed by atoms with Crippen molar-refractivity contribution in [2.45, 2.75) is 18.2 Å². The van der Waals surface area contributed by atoms with Crippen molar-refractivity contribution >= 4 is 39.9 Å². The van der Waals surface area contributed by atoms with Gasteiger partial charge in [-0.05, 0) is 49.8 Å². The normalized spacial score (nSPS) is 11.4. The van der Waals surface area contributed by atoms with E-state index in [1.165, 1.54) is 22.5 Å². The molecular weight excluding hydrogens is 488 g/mol. The van der Waals surface area contributed by atoms with E-state index >= 15 is 0 Å². The molecule has 0 radical (unpaired) electrons. The van der Waals surface area contributed by atoms with Crippen LogP contribution in [0.5, 0.6) is 5.75 Å². The van der Waals surface area contributed by atoms with Gasteiger partial charge in [0.1, 0.15) is 5.75 Å². The first-order valence-electron chi connectivity index (χ1n) is 11.5. The number of nitrogens with zero attached hydrogens (tertiary/aromatic N) is 4. The Labute approximate surface area is 217 Å². The van der Waals surface area contributed by atoms with Crippen molar-refractivity contribution in [2.75, 3.05) is 12.4 Å². The molecule has 0 fully saturated rings. The zero-order chi connectivity index (χ0) is 24.9. The van der Waals surface area contributed by atoms with Crippen molar-refractivity contribution in [1.82, 2.24) is 19.8 Å². The van der Waals surface area contributed by atoms with Gasteiger partial charge < -0.3 is 4.74 Å². The molecule has 6 nitrogen and oxygen atoms in total. The van der Waals surface area contributed by atoms with Crippen LogP contribution in [-0.4, -0.2) is 38.0 Å². The van der Waals surface area contributed by atoms with Crippen LogP contribution in [0.1, 0.15) is 27.0 Å². The third-order valence-electron chi connectivity index (χ3n) is 5.50. The Morgan fingerprint density at radius 1 is 0.944 bits per heavy atom. The van der Waals surface area contributed by atoms with Gasteiger partial charge in [-0.25, -0.2) is 0 Å². The molecule has 0 saturated heterocycles. The number of fused-ring (bicyclic) bond motifs is 1. The number of aryl methyl sites for hydroxylation is 2. The minimum Gasteiger partial charge on any atom is -0.493 e. The van der Waals surface area contributed by atoms with Crippen LogP contribution >= 0.6 is 23.1 Å². The zero-order valence-electron chi connectivity index (χ0n) is 19.9. The highest BCUT2D eigenvalue weighted by molar-refractivity contribution is 8.01. The second-order valence-electron chi connectivity index (χ2n) is 8.28. The van der Waals surface area contributed by atoms with Crippen molar-refractivity contribution < 1.29 is 9.53 Å². The molecule has 36 heavy (non-hydrogen) atoms. The number of ketones is 1. The number of rotatable bonds is 9. The zero-order valence-corrected chi connectivity index (χ0v) is 21.6. The summed E-state index contributed by atoms with van der Waals surface area (Å²) >= 11 is 3.13. The van der Waals surface area contributed by atoms with Gasteiger partial charge in [0.2, 0.25) is 4.96 Å². The van der Waals surface area contributed by atoms with Gasteiger partial charge in [0.25, 0.3) is 0 Å². The van der Waals surface area contributed by atoms with Gasteiger partial charge >= 0.3 is 0 Å². The van der Waals surface area contributed by atoms with Crippen LogP contribution in [0.3, 0.4) is 0 Å². The van der Waals surface area contributed by atoms with E-state index < -0.39 is 0 Å². The van der Waals surface area contributed by atoms with Crippen LogP contribution in [0, 0.1) is 13.8 Å². The molecule has 2 aromatic heterocycles. The van der Waals surface area contributed by atoms with Gasteiger partial charge in [0.15, 0.2) is 15.9 Å². The Hall–Kier alpha value is -3.75. The van der Waals surface area contributed by atoms with Gasteiger partial charge in [-0.1, -0.05) is 88.8 Å². The number of hydrogen-bond acceptors (Lipinski definition) is 7. The van der Waals surface area contributed by atoms with Gasteiger partial charge in [0.05, 0.1) is 6.61 Å². The fraction of sp³-hybridized carbons (Fsp3) is 0.143. The second kappa shape index (κ2) is 10.9. The Kier molecular flexibility index (Phi) is 7.25. The molecule has 0 amide bonds. The molecule has 2 heterocycles. The SMILES string of the molecule is Cc1ccc(/C=C/C(=O)c2ccc(OCCSc3nn4c(-c5ccc(C)cc5)nnc4s3)cc2)cc1. The number of ether oxygens (including phenoxy) is 1. The number of benzene rings is 3. The standard InChI is InChI=1S/C28H24N4O2S2/c1-19-3-7-21(8-4-19)9-16-25(33)22-12-14-24(15-13-22)34-17-18-35-28-31-32-26(29-30-27(32)36-28)23-10-5-20(2)6-11-23/h3-16H,17-18H2,1-2H3/b16-9+. The summed E-state index contributed by atoms with van der Waals surface area (Å²) in [4.78, 5) is 13.2. The number of thioether (sulfide) groups is 1. The minimum absolute atomic E-state index is 0.0361. The fourth-order valence-corrected chi connectivity index (χ4v) is 5.25. The van der Waals surface area contributed by atoms with E-state index in [1.807, 2.05) is 61.5 Å². The molecule has 0 bridgehead atoms. The van der Waals surface area contributed by atoms with E-state index in [0.717, 1.165) is 37.8 Å². The van der Waals surface area contributed by atoms with Gasteiger partial charge in [-0.2, -0.15) is 4.52 Å². The van der Waals surface area contributed by atoms with E-state index in [1.54, 1.807) is 34.5 Å². The molecule has 0 saturated carbocycles. The molecule has 0 unspecified atom stereocenters. The number of allylic oxidation sites excluding steroid dienone is 1. The maximum atomic E-state index is 12.4. The summed E-state index contributed by atoms with van der Waals surface area (Å²) in [5, 5.41) is 13.2. The van der Waals surface area contributed by atoms with Crippen LogP contribution < -0.4 is 4.74 Å². The second-order valence-corrected chi connectivity index (χ2v) is 10.6. The van der Waals surface area contributed by atoms with E-state index in [0.29, 0.717) is 12.2 Å². The van der Waals surface area contributed by atoms with E-state index in [-0.39, 0.29) is 5.78 Å². The van der Waals surface area contributed by atoms with Crippen LogP contribution in [0.2, 0.25) is 0 Å². The molecule has 0 aliphatic heterocycles. The summed E-state index contributed by atoms with van der Waals surface area (Å²) in [5.74, 6) is 2.18. The summed E-state index contributed by atoms with van der Waals surface area (Å²) in [5.41, 5.74) is 5.02. The van der Waals surface area contributed by atoms with Crippen LogP contribution in [0.4, 0.5) is 0 Å². The molecule has 5 aromatic rings. The van der Waals surface area contributed by atoms with E-state index in [4.69, 9.17) is 4.74 Å². The Bertz CT molecular complexity index is 1500. The molecule has 0 N–H and O–H groups in total. The Morgan fingerprint density at radius 3 is 2.36 bits per heavy atom. The van der Waals surface area contributed by atoms with Crippen LogP contribution in [0.25, 0.3) is 22.4 Å². The highest BCUT2D eigenvalue weighted by atomic mass is 32.2. The molecule has 0 spiro atoms. The molecule has 180 valence electrons. The van der Waals surface area contributed by atoms with E-state index in [9.17, 15) is 4.79 Å². The van der Waals surface area contributed by atoms with Crippen LogP contribution in [0.15, 0.2) is 83.2 Å². The smallest absolute Gasteiger partial charge is 0.235 e. The van der Waals surface area contributed by atoms with Crippen molar-refractivity contribution in [3.63, 3.8) is 0 Å². The number of aromatic nitrogens is 4. The van der Waals surface area contributed by atoms with Crippen molar-refractivity contribution in [3.05, 3.63) is 101 Å². The lowest BCUT2D eigenvalue weighted by atomic mass is 10.1. The molecule has 0 atom stereocenters. The summed E-state index contributed by atoms with van der Waals surface area (Å²) in [7, 11) is 0. The Morgan fingerprint density at radius 2 is 1.64 bits per heavy atom. The highest BCUT2D eigenvalue weighted by Gasteiger charge is 2.13. The fourth-order valence-electron chi connectivity index (χ4n) is 3.49. The van der Waals surface area contributed by atoms with Crippen molar-refractivity contribution in [2.24, 2.45) is 0 Å². The lowest BCUT2D eigenvalue weighted by Crippen LogP contribution is -2.01. The molecule has 0 aliphatic carbocycles. The maximum Gasteiger partial charge on any atom is 0.235 e. The highest BCUT2D eigenvalue weighted by Crippen LogP contribution is 2.27. The minimum atomic E-state index is -0.0361. The predicted molar refractivity (Wildman–Crippen MR) is 146 cm³/mol. The third kappa shape index (κ3) is 5.72. The van der Waals surface area contributed by atoms with Gasteiger partial charge in [0, 0.05) is 16.9 Å². The monoisotopic (exact) mass is 512 g/mol. The number of carbonyl (C=O) groups excluding carboxylic acids is 1. The average Bonchev–Trinajstić information content (AvgIpc) is 3.48.